The average molecular weight is 255 g/mol. The van der Waals surface area contributed by atoms with Gasteiger partial charge in [-0.05, 0) is 18.2 Å². The molecule has 0 aliphatic rings. The zero-order valence-electron chi connectivity index (χ0n) is 9.70. The van der Waals surface area contributed by atoms with E-state index in [9.17, 15) is 13.2 Å². The smallest absolute Gasteiger partial charge is 0.399 e. The summed E-state index contributed by atoms with van der Waals surface area (Å²) >= 11 is 0. The molecule has 1 heterocycles. The third-order valence-electron chi connectivity index (χ3n) is 2.62. The number of hydrogen-bond acceptors (Lipinski definition) is 2. The minimum Gasteiger partial charge on any atom is -0.399 e. The average Bonchev–Trinajstić information content (AvgIpc) is 2.75. The Morgan fingerprint density at radius 1 is 1.33 bits per heavy atom. The highest BCUT2D eigenvalue weighted by Gasteiger charge is 2.34. The summed E-state index contributed by atoms with van der Waals surface area (Å²) in [6.07, 6.45) is -0.899. The summed E-state index contributed by atoms with van der Waals surface area (Å²) in [6, 6.07) is 3.75. The molecule has 6 heteroatoms. The lowest BCUT2D eigenvalue weighted by atomic mass is 10.1. The van der Waals surface area contributed by atoms with Crippen LogP contribution in [-0.4, -0.2) is 9.55 Å². The van der Waals surface area contributed by atoms with E-state index in [2.05, 4.69) is 4.98 Å². The van der Waals surface area contributed by atoms with Gasteiger partial charge in [-0.2, -0.15) is 13.2 Å². The first-order chi connectivity index (χ1) is 8.43. The maximum Gasteiger partial charge on any atom is 0.418 e. The van der Waals surface area contributed by atoms with Crippen LogP contribution in [0, 0.1) is 0 Å². The van der Waals surface area contributed by atoms with Gasteiger partial charge < -0.3 is 10.3 Å². The highest BCUT2D eigenvalue weighted by molar-refractivity contribution is 5.53. The van der Waals surface area contributed by atoms with E-state index >= 15 is 0 Å². The zero-order chi connectivity index (χ0) is 13.3. The van der Waals surface area contributed by atoms with E-state index in [1.54, 1.807) is 0 Å². The maximum atomic E-state index is 13.0. The Bertz CT molecular complexity index is 558. The Balaban J connectivity index is 2.65. The van der Waals surface area contributed by atoms with Crippen LogP contribution in [0.5, 0.6) is 0 Å². The Kier molecular flexibility index (Phi) is 3.02. The second-order valence-corrected chi connectivity index (χ2v) is 3.84. The standard InChI is InChI=1S/C12H12F3N3/c1-2-11-17-5-6-18(11)10-4-3-8(16)7-9(10)12(13,14)15/h3-7H,2,16H2,1H3. The molecule has 3 nitrogen and oxygen atoms in total. The van der Waals surface area contributed by atoms with Gasteiger partial charge in [0.2, 0.25) is 0 Å². The fourth-order valence-electron chi connectivity index (χ4n) is 1.81. The quantitative estimate of drug-likeness (QED) is 0.838. The SMILES string of the molecule is CCc1nccn1-c1ccc(N)cc1C(F)(F)F. The molecule has 2 aromatic rings. The normalized spacial score (nSPS) is 11.8. The molecule has 0 fully saturated rings. The number of hydrogen-bond donors (Lipinski definition) is 1. The first kappa shape index (κ1) is 12.5. The van der Waals surface area contributed by atoms with Crippen molar-refractivity contribution >= 4 is 5.69 Å². The van der Waals surface area contributed by atoms with Gasteiger partial charge >= 0.3 is 6.18 Å². The molecule has 0 saturated heterocycles. The number of nitrogens with two attached hydrogens (primary N) is 1. The molecule has 0 aliphatic heterocycles. The number of nitrogens with zero attached hydrogens (tertiary/aromatic N) is 2. The lowest BCUT2D eigenvalue weighted by molar-refractivity contribution is -0.137. The fourth-order valence-corrected chi connectivity index (χ4v) is 1.81. The maximum absolute atomic E-state index is 13.0. The van der Waals surface area contributed by atoms with Crippen molar-refractivity contribution in [3.05, 3.63) is 42.0 Å². The first-order valence-electron chi connectivity index (χ1n) is 5.42. The molecule has 2 N–H and O–H groups in total. The molecule has 96 valence electrons. The molecule has 0 aliphatic carbocycles. The number of anilines is 1. The van der Waals surface area contributed by atoms with Crippen LogP contribution in [-0.2, 0) is 12.6 Å². The number of imidazole rings is 1. The Labute approximate surface area is 102 Å². The Hall–Kier alpha value is -1.98. The lowest BCUT2D eigenvalue weighted by Crippen LogP contribution is -2.12. The summed E-state index contributed by atoms with van der Waals surface area (Å²) in [4.78, 5) is 4.02. The number of alkyl halides is 3. The zero-order valence-corrected chi connectivity index (χ0v) is 9.70. The highest BCUT2D eigenvalue weighted by Crippen LogP contribution is 2.35. The molecule has 0 spiro atoms. The minimum absolute atomic E-state index is 0.0473. The summed E-state index contributed by atoms with van der Waals surface area (Å²) in [5.41, 5.74) is 4.80. The van der Waals surface area contributed by atoms with Crippen LogP contribution < -0.4 is 5.73 Å². The van der Waals surface area contributed by atoms with Gasteiger partial charge in [-0.25, -0.2) is 4.98 Å². The van der Waals surface area contributed by atoms with Crippen molar-refractivity contribution in [3.63, 3.8) is 0 Å². The molecule has 0 radical (unpaired) electrons. The van der Waals surface area contributed by atoms with Crippen molar-refractivity contribution in [1.82, 2.24) is 9.55 Å². The van der Waals surface area contributed by atoms with Gasteiger partial charge in [-0.3, -0.25) is 0 Å². The van der Waals surface area contributed by atoms with Gasteiger partial charge in [-0.1, -0.05) is 6.92 Å². The van der Waals surface area contributed by atoms with Gasteiger partial charge in [0.1, 0.15) is 5.82 Å². The summed E-state index contributed by atoms with van der Waals surface area (Å²) in [5, 5.41) is 0. The molecule has 2 rings (SSSR count). The van der Waals surface area contributed by atoms with Crippen LogP contribution in [0.25, 0.3) is 5.69 Å². The number of nitrogen functional groups attached to an aromatic ring is 1. The summed E-state index contributed by atoms with van der Waals surface area (Å²) in [6.45, 7) is 1.84. The topological polar surface area (TPSA) is 43.8 Å². The Morgan fingerprint density at radius 3 is 2.67 bits per heavy atom. The molecule has 1 aromatic heterocycles. The molecular formula is C12H12F3N3. The number of rotatable bonds is 2. The monoisotopic (exact) mass is 255 g/mol. The molecule has 0 unspecified atom stereocenters. The molecule has 18 heavy (non-hydrogen) atoms. The van der Waals surface area contributed by atoms with Gasteiger partial charge in [0.15, 0.2) is 0 Å². The molecule has 0 saturated carbocycles. The highest BCUT2D eigenvalue weighted by atomic mass is 19.4. The summed E-state index contributed by atoms with van der Waals surface area (Å²) in [7, 11) is 0. The van der Waals surface area contributed by atoms with E-state index in [0.717, 1.165) is 6.07 Å². The largest absolute Gasteiger partial charge is 0.418 e. The van der Waals surface area contributed by atoms with Crippen LogP contribution in [0.3, 0.4) is 0 Å². The van der Waals surface area contributed by atoms with Gasteiger partial charge in [0, 0.05) is 24.5 Å². The van der Waals surface area contributed by atoms with Crippen molar-refractivity contribution in [2.45, 2.75) is 19.5 Å². The second-order valence-electron chi connectivity index (χ2n) is 3.84. The van der Waals surface area contributed by atoms with Crippen molar-refractivity contribution < 1.29 is 13.2 Å². The van der Waals surface area contributed by atoms with Crippen molar-refractivity contribution in [1.29, 1.82) is 0 Å². The minimum atomic E-state index is -4.44. The van der Waals surface area contributed by atoms with E-state index < -0.39 is 11.7 Å². The molecule has 0 amide bonds. The van der Waals surface area contributed by atoms with Crippen LogP contribution in [0.15, 0.2) is 30.6 Å². The third-order valence-corrected chi connectivity index (χ3v) is 2.62. The van der Waals surface area contributed by atoms with Crippen LogP contribution in [0.4, 0.5) is 18.9 Å². The van der Waals surface area contributed by atoms with Crippen molar-refractivity contribution in [2.24, 2.45) is 0 Å². The number of aryl methyl sites for hydroxylation is 1. The molecule has 0 bridgehead atoms. The third kappa shape index (κ3) is 2.18. The van der Waals surface area contributed by atoms with Crippen molar-refractivity contribution in [2.75, 3.05) is 5.73 Å². The fraction of sp³-hybridized carbons (Fsp3) is 0.250. The van der Waals surface area contributed by atoms with E-state index in [1.165, 1.54) is 29.1 Å². The van der Waals surface area contributed by atoms with E-state index in [-0.39, 0.29) is 11.4 Å². The van der Waals surface area contributed by atoms with Crippen LogP contribution in [0.1, 0.15) is 18.3 Å². The van der Waals surface area contributed by atoms with Gasteiger partial charge in [-0.15, -0.1) is 0 Å². The lowest BCUT2D eigenvalue weighted by Gasteiger charge is -2.15. The van der Waals surface area contributed by atoms with Crippen molar-refractivity contribution in [3.8, 4) is 5.69 Å². The van der Waals surface area contributed by atoms with Crippen LogP contribution in [0.2, 0.25) is 0 Å². The van der Waals surface area contributed by atoms with E-state index in [0.29, 0.717) is 12.2 Å². The number of halogens is 3. The molecular weight excluding hydrogens is 243 g/mol. The molecule has 1 aromatic carbocycles. The number of aromatic nitrogens is 2. The van der Waals surface area contributed by atoms with Gasteiger partial charge in [0.25, 0.3) is 0 Å². The summed E-state index contributed by atoms with van der Waals surface area (Å²) < 4.78 is 40.3. The van der Waals surface area contributed by atoms with Crippen LogP contribution >= 0.6 is 0 Å². The summed E-state index contributed by atoms with van der Waals surface area (Å²) in [5.74, 6) is 0.574. The molecule has 0 atom stereocenters. The first-order valence-corrected chi connectivity index (χ1v) is 5.42. The van der Waals surface area contributed by atoms with E-state index in [1.807, 2.05) is 6.92 Å². The number of benzene rings is 1. The Morgan fingerprint density at radius 2 is 2.06 bits per heavy atom. The van der Waals surface area contributed by atoms with E-state index in [4.69, 9.17) is 5.73 Å². The predicted octanol–water partition coefficient (Wildman–Crippen LogP) is 3.04. The second kappa shape index (κ2) is 4.36. The van der Waals surface area contributed by atoms with Gasteiger partial charge in [0.05, 0.1) is 11.3 Å². The predicted molar refractivity (Wildman–Crippen MR) is 62.4 cm³/mol.